The van der Waals surface area contributed by atoms with Gasteiger partial charge in [-0.25, -0.2) is 9.78 Å². The van der Waals surface area contributed by atoms with E-state index in [4.69, 9.17) is 5.11 Å². The van der Waals surface area contributed by atoms with Gasteiger partial charge >= 0.3 is 6.09 Å². The highest BCUT2D eigenvalue weighted by Gasteiger charge is 2.21. The Hall–Kier alpha value is -1.85. The van der Waals surface area contributed by atoms with Gasteiger partial charge in [-0.05, 0) is 6.42 Å². The first kappa shape index (κ1) is 9.70. The van der Waals surface area contributed by atoms with E-state index >= 15 is 0 Å². The number of nitrogens with one attached hydrogen (secondary N) is 1. The van der Waals surface area contributed by atoms with Crippen molar-refractivity contribution in [3.63, 3.8) is 0 Å². The quantitative estimate of drug-likeness (QED) is 0.685. The van der Waals surface area contributed by atoms with Gasteiger partial charge in [0.25, 0.3) is 0 Å². The molecular weight excluding hydrogens is 198 g/mol. The van der Waals surface area contributed by atoms with Gasteiger partial charge in [-0.2, -0.15) is 0 Å². The molecule has 0 saturated carbocycles. The highest BCUT2D eigenvalue weighted by Crippen LogP contribution is 2.14. The number of fused-ring (bicyclic) bond motifs is 1. The van der Waals surface area contributed by atoms with Crippen LogP contribution < -0.4 is 5.32 Å². The van der Waals surface area contributed by atoms with Crippen LogP contribution in [0, 0.1) is 0 Å². The maximum atomic E-state index is 10.5. The van der Waals surface area contributed by atoms with Crippen LogP contribution in [0.1, 0.15) is 22.7 Å². The van der Waals surface area contributed by atoms with E-state index in [1.807, 2.05) is 4.57 Å². The number of hydrogen-bond donors (Lipinski definition) is 2. The van der Waals surface area contributed by atoms with E-state index in [9.17, 15) is 9.59 Å². The topological polar surface area (TPSA) is 84.2 Å². The van der Waals surface area contributed by atoms with Crippen molar-refractivity contribution >= 4 is 12.4 Å². The summed E-state index contributed by atoms with van der Waals surface area (Å²) < 4.78 is 1.83. The third-order valence-corrected chi connectivity index (χ3v) is 2.46. The fraction of sp³-hybridized carbons (Fsp3) is 0.444. The van der Waals surface area contributed by atoms with Crippen molar-refractivity contribution < 1.29 is 14.7 Å². The minimum absolute atomic E-state index is 0.0938. The number of aryl methyl sites for hydroxylation is 1. The van der Waals surface area contributed by atoms with E-state index in [0.29, 0.717) is 24.9 Å². The molecule has 0 fully saturated rings. The second-order valence-corrected chi connectivity index (χ2v) is 3.54. The summed E-state index contributed by atoms with van der Waals surface area (Å²) in [6.07, 6.45) is 2.75. The molecule has 0 bridgehead atoms. The summed E-state index contributed by atoms with van der Waals surface area (Å²) >= 11 is 0. The number of aldehydes is 1. The highest BCUT2D eigenvalue weighted by molar-refractivity contribution is 5.71. The van der Waals surface area contributed by atoms with E-state index in [2.05, 4.69) is 10.3 Å². The molecule has 2 heterocycles. The number of carboxylic acid groups (broad SMARTS) is 1. The van der Waals surface area contributed by atoms with Crippen LogP contribution in [0.3, 0.4) is 0 Å². The first-order chi connectivity index (χ1) is 7.19. The molecule has 2 rings (SSSR count). The molecular formula is C9H11N3O3. The lowest BCUT2D eigenvalue weighted by atomic mass is 10.1. The van der Waals surface area contributed by atoms with E-state index in [1.165, 1.54) is 0 Å². The third kappa shape index (κ3) is 1.98. The second-order valence-electron chi connectivity index (χ2n) is 3.54. The molecule has 80 valence electrons. The number of nitrogens with zero attached hydrogens (tertiary/aromatic N) is 2. The van der Waals surface area contributed by atoms with Crippen molar-refractivity contribution in [3.8, 4) is 0 Å². The van der Waals surface area contributed by atoms with Crippen molar-refractivity contribution in [2.45, 2.75) is 25.4 Å². The predicted molar refractivity (Wildman–Crippen MR) is 50.9 cm³/mol. The lowest BCUT2D eigenvalue weighted by Gasteiger charge is -2.23. The first-order valence-electron chi connectivity index (χ1n) is 4.69. The fourth-order valence-corrected chi connectivity index (χ4v) is 1.82. The predicted octanol–water partition coefficient (Wildman–Crippen LogP) is 0.278. The molecule has 1 atom stereocenters. The molecule has 6 heteroatoms. The summed E-state index contributed by atoms with van der Waals surface area (Å²) in [5.41, 5.74) is 0.404. The Morgan fingerprint density at radius 3 is 3.20 bits per heavy atom. The maximum Gasteiger partial charge on any atom is 0.404 e. The number of aromatic nitrogens is 2. The molecule has 0 aliphatic carbocycles. The maximum absolute atomic E-state index is 10.5. The molecule has 1 aromatic rings. The summed E-state index contributed by atoms with van der Waals surface area (Å²) in [4.78, 5) is 25.0. The summed E-state index contributed by atoms with van der Waals surface area (Å²) in [5, 5.41) is 11.0. The molecule has 1 aliphatic rings. The number of carbonyl (C=O) groups excluding carboxylic acids is 1. The minimum Gasteiger partial charge on any atom is -0.465 e. The highest BCUT2D eigenvalue weighted by atomic mass is 16.4. The zero-order chi connectivity index (χ0) is 10.8. The Morgan fingerprint density at radius 2 is 2.53 bits per heavy atom. The molecule has 1 aromatic heterocycles. The van der Waals surface area contributed by atoms with Crippen LogP contribution >= 0.6 is 0 Å². The summed E-state index contributed by atoms with van der Waals surface area (Å²) in [7, 11) is 0. The molecule has 0 saturated heterocycles. The molecule has 15 heavy (non-hydrogen) atoms. The van der Waals surface area contributed by atoms with Crippen molar-refractivity contribution in [1.82, 2.24) is 14.9 Å². The van der Waals surface area contributed by atoms with Crippen molar-refractivity contribution in [3.05, 3.63) is 17.7 Å². The van der Waals surface area contributed by atoms with E-state index in [0.717, 1.165) is 12.2 Å². The zero-order valence-electron chi connectivity index (χ0n) is 8.01. The number of carbonyl (C=O) groups is 2. The van der Waals surface area contributed by atoms with Crippen LogP contribution in [0.25, 0.3) is 0 Å². The molecule has 1 amide bonds. The molecule has 6 nitrogen and oxygen atoms in total. The van der Waals surface area contributed by atoms with E-state index in [1.54, 1.807) is 6.20 Å². The summed E-state index contributed by atoms with van der Waals surface area (Å²) in [6.45, 7) is 0.544. The van der Waals surface area contributed by atoms with Gasteiger partial charge in [-0.1, -0.05) is 0 Å². The summed E-state index contributed by atoms with van der Waals surface area (Å²) in [6, 6.07) is -0.0938. The van der Waals surface area contributed by atoms with Gasteiger partial charge in [-0.15, -0.1) is 0 Å². The molecule has 2 N–H and O–H groups in total. The lowest BCUT2D eigenvalue weighted by Crippen LogP contribution is -2.40. The van der Waals surface area contributed by atoms with Gasteiger partial charge in [0.05, 0.1) is 6.04 Å². The number of amides is 1. The second kappa shape index (κ2) is 3.72. The van der Waals surface area contributed by atoms with Gasteiger partial charge < -0.3 is 15.0 Å². The number of imidazole rings is 1. The van der Waals surface area contributed by atoms with Crippen molar-refractivity contribution in [2.24, 2.45) is 0 Å². The summed E-state index contributed by atoms with van der Waals surface area (Å²) in [5.74, 6) is 0.848. The van der Waals surface area contributed by atoms with Gasteiger partial charge in [-0.3, -0.25) is 4.79 Å². The van der Waals surface area contributed by atoms with Crippen LogP contribution in [-0.2, 0) is 13.0 Å². The smallest absolute Gasteiger partial charge is 0.404 e. The zero-order valence-corrected chi connectivity index (χ0v) is 8.01. The Labute approximate surface area is 85.9 Å². The van der Waals surface area contributed by atoms with Crippen LogP contribution in [0.5, 0.6) is 0 Å². The average Bonchev–Trinajstić information content (AvgIpc) is 2.58. The monoisotopic (exact) mass is 209 g/mol. The van der Waals surface area contributed by atoms with Gasteiger partial charge in [0.15, 0.2) is 6.29 Å². The van der Waals surface area contributed by atoms with Crippen LogP contribution in [0.2, 0.25) is 0 Å². The number of hydrogen-bond acceptors (Lipinski definition) is 3. The Kier molecular flexibility index (Phi) is 2.40. The molecule has 0 spiro atoms. The molecule has 1 aliphatic heterocycles. The van der Waals surface area contributed by atoms with Crippen molar-refractivity contribution in [1.29, 1.82) is 0 Å². The standard InChI is InChI=1S/C9H11N3O3/c13-5-7-4-12-3-6(11-9(14)15)1-2-8(12)10-7/h4-6,11H,1-3H2,(H,14,15). The average molecular weight is 209 g/mol. The first-order valence-corrected chi connectivity index (χ1v) is 4.69. The van der Waals surface area contributed by atoms with Crippen molar-refractivity contribution in [2.75, 3.05) is 0 Å². The lowest BCUT2D eigenvalue weighted by molar-refractivity contribution is 0.111. The van der Waals surface area contributed by atoms with E-state index in [-0.39, 0.29) is 6.04 Å². The van der Waals surface area contributed by atoms with Gasteiger partial charge in [0, 0.05) is 19.2 Å². The van der Waals surface area contributed by atoms with Gasteiger partial charge in [0.1, 0.15) is 11.5 Å². The third-order valence-electron chi connectivity index (χ3n) is 2.46. The Balaban J connectivity index is 2.12. The fourth-order valence-electron chi connectivity index (χ4n) is 1.82. The van der Waals surface area contributed by atoms with Crippen LogP contribution in [-0.4, -0.2) is 33.1 Å². The minimum atomic E-state index is -1.01. The number of rotatable bonds is 2. The van der Waals surface area contributed by atoms with Crippen LogP contribution in [0.15, 0.2) is 6.20 Å². The molecule has 1 unspecified atom stereocenters. The van der Waals surface area contributed by atoms with Gasteiger partial charge in [0.2, 0.25) is 0 Å². The Morgan fingerprint density at radius 1 is 1.73 bits per heavy atom. The van der Waals surface area contributed by atoms with Crippen LogP contribution in [0.4, 0.5) is 4.79 Å². The Bertz CT molecular complexity index is 399. The van der Waals surface area contributed by atoms with E-state index < -0.39 is 6.09 Å². The molecule has 0 radical (unpaired) electrons. The molecule has 0 aromatic carbocycles. The SMILES string of the molecule is O=Cc1cn2c(n1)CCC(NC(=O)O)C2. The normalized spacial score (nSPS) is 19.3. The largest absolute Gasteiger partial charge is 0.465 e.